The predicted octanol–water partition coefficient (Wildman–Crippen LogP) is 3.96. The molecular weight excluding hydrogens is 364 g/mol. The standard InChI is InChI=1S/C21H21F2N3O2/c22-16-8-6-15(7-9-16)19(27)26-12-3-10-21(23,14-26)20-25-18(5-2-13-28-20)17-4-1-11-24-17/h1,4-9,11,24H,2-3,10,12-14H2. The van der Waals surface area contributed by atoms with Gasteiger partial charge in [0.05, 0.1) is 24.5 Å². The lowest BCUT2D eigenvalue weighted by Crippen LogP contribution is -2.52. The second-order valence-electron chi connectivity index (χ2n) is 7.03. The fourth-order valence-corrected chi connectivity index (χ4v) is 3.56. The number of hydrogen-bond donors (Lipinski definition) is 1. The highest BCUT2D eigenvalue weighted by atomic mass is 19.1. The van der Waals surface area contributed by atoms with Crippen LogP contribution in [0.5, 0.6) is 0 Å². The number of aliphatic imine (C=N–C) groups is 1. The molecule has 0 spiro atoms. The molecule has 7 heteroatoms. The van der Waals surface area contributed by atoms with Crippen molar-refractivity contribution in [3.8, 4) is 0 Å². The smallest absolute Gasteiger partial charge is 0.253 e. The maximum atomic E-state index is 15.9. The molecule has 146 valence electrons. The molecule has 2 aliphatic rings. The molecule has 2 aliphatic heterocycles. The average molecular weight is 385 g/mol. The van der Waals surface area contributed by atoms with Crippen LogP contribution in [0.1, 0.15) is 35.3 Å². The fraction of sp³-hybridized carbons (Fsp3) is 0.333. The first-order valence-corrected chi connectivity index (χ1v) is 9.35. The van der Waals surface area contributed by atoms with Crippen molar-refractivity contribution in [3.63, 3.8) is 0 Å². The zero-order chi connectivity index (χ0) is 19.6. The number of likely N-dealkylation sites (tertiary alicyclic amines) is 1. The number of rotatable bonds is 3. The van der Waals surface area contributed by atoms with E-state index < -0.39 is 11.5 Å². The van der Waals surface area contributed by atoms with E-state index >= 15 is 4.39 Å². The van der Waals surface area contributed by atoms with E-state index in [-0.39, 0.29) is 24.8 Å². The molecule has 0 saturated carbocycles. The van der Waals surface area contributed by atoms with Gasteiger partial charge >= 0.3 is 0 Å². The normalized spacial score (nSPS) is 22.7. The van der Waals surface area contributed by atoms with E-state index in [0.29, 0.717) is 37.3 Å². The van der Waals surface area contributed by atoms with E-state index in [4.69, 9.17) is 4.74 Å². The molecule has 1 N–H and O–H groups in total. The van der Waals surface area contributed by atoms with Crippen LogP contribution in [0.4, 0.5) is 8.78 Å². The molecule has 4 rings (SSSR count). The quantitative estimate of drug-likeness (QED) is 0.870. The molecule has 1 amide bonds. The lowest BCUT2D eigenvalue weighted by atomic mass is 9.93. The van der Waals surface area contributed by atoms with Crippen LogP contribution < -0.4 is 0 Å². The Morgan fingerprint density at radius 1 is 1.25 bits per heavy atom. The van der Waals surface area contributed by atoms with Gasteiger partial charge in [-0.2, -0.15) is 0 Å². The van der Waals surface area contributed by atoms with Crippen molar-refractivity contribution < 1.29 is 18.3 Å². The third kappa shape index (κ3) is 3.69. The first-order chi connectivity index (χ1) is 13.5. The van der Waals surface area contributed by atoms with E-state index in [1.165, 1.54) is 29.2 Å². The maximum Gasteiger partial charge on any atom is 0.253 e. The van der Waals surface area contributed by atoms with Gasteiger partial charge in [-0.05, 0) is 49.2 Å². The van der Waals surface area contributed by atoms with Gasteiger partial charge in [0.2, 0.25) is 11.6 Å². The van der Waals surface area contributed by atoms with Crippen molar-refractivity contribution in [1.82, 2.24) is 9.88 Å². The number of carbonyl (C=O) groups is 1. The summed E-state index contributed by atoms with van der Waals surface area (Å²) in [5.41, 5.74) is -0.0937. The molecular formula is C21H21F2N3O2. The topological polar surface area (TPSA) is 57.7 Å². The lowest BCUT2D eigenvalue weighted by Gasteiger charge is -2.37. The number of alkyl halides is 1. The molecule has 0 bridgehead atoms. The molecule has 0 radical (unpaired) electrons. The number of piperidine rings is 1. The number of aromatic nitrogens is 1. The fourth-order valence-electron chi connectivity index (χ4n) is 3.56. The average Bonchev–Trinajstić information content (AvgIpc) is 3.12. The van der Waals surface area contributed by atoms with Crippen LogP contribution in [0.15, 0.2) is 53.7 Å². The van der Waals surface area contributed by atoms with Crippen molar-refractivity contribution in [2.75, 3.05) is 19.7 Å². The summed E-state index contributed by atoms with van der Waals surface area (Å²) in [6.07, 6.45) is 5.04. The maximum absolute atomic E-state index is 15.9. The van der Waals surface area contributed by atoms with Crippen molar-refractivity contribution in [2.24, 2.45) is 4.99 Å². The highest BCUT2D eigenvalue weighted by Gasteiger charge is 2.44. The molecule has 3 heterocycles. The zero-order valence-corrected chi connectivity index (χ0v) is 15.3. The monoisotopic (exact) mass is 385 g/mol. The Morgan fingerprint density at radius 3 is 2.82 bits per heavy atom. The second kappa shape index (κ2) is 7.58. The van der Waals surface area contributed by atoms with Crippen molar-refractivity contribution >= 4 is 17.5 Å². The van der Waals surface area contributed by atoms with Crippen LogP contribution >= 0.6 is 0 Å². The summed E-state index contributed by atoms with van der Waals surface area (Å²) in [4.78, 5) is 21.7. The van der Waals surface area contributed by atoms with Crippen molar-refractivity contribution in [1.29, 1.82) is 0 Å². The van der Waals surface area contributed by atoms with Gasteiger partial charge in [0.25, 0.3) is 5.91 Å². The van der Waals surface area contributed by atoms with Crippen molar-refractivity contribution in [3.05, 3.63) is 65.7 Å². The third-order valence-corrected chi connectivity index (χ3v) is 4.99. The van der Waals surface area contributed by atoms with Crippen LogP contribution in [0, 0.1) is 5.82 Å². The molecule has 1 atom stereocenters. The van der Waals surface area contributed by atoms with E-state index in [1.807, 2.05) is 18.2 Å². The molecule has 0 aliphatic carbocycles. The highest BCUT2D eigenvalue weighted by Crippen LogP contribution is 2.31. The summed E-state index contributed by atoms with van der Waals surface area (Å²) in [6, 6.07) is 9.01. The first-order valence-electron chi connectivity index (χ1n) is 9.35. The van der Waals surface area contributed by atoms with E-state index in [1.54, 1.807) is 6.20 Å². The Morgan fingerprint density at radius 2 is 2.07 bits per heavy atom. The van der Waals surface area contributed by atoms with Crippen molar-refractivity contribution in [2.45, 2.75) is 24.9 Å². The summed E-state index contributed by atoms with van der Waals surface area (Å²) < 4.78 is 34.7. The van der Waals surface area contributed by atoms with Gasteiger partial charge in [0, 0.05) is 24.7 Å². The molecule has 1 unspecified atom stereocenters. The Balaban J connectivity index is 1.57. The minimum Gasteiger partial charge on any atom is -0.478 e. The SMILES string of the molecule is O=C(c1ccc(F)cc1)N1CCCC(F)(C2=NC(c3ccc[nH]3)=CCCO2)C1. The largest absolute Gasteiger partial charge is 0.478 e. The van der Waals surface area contributed by atoms with Crippen LogP contribution in [0.25, 0.3) is 5.70 Å². The van der Waals surface area contributed by atoms with Crippen LogP contribution in [-0.4, -0.2) is 47.1 Å². The second-order valence-corrected chi connectivity index (χ2v) is 7.03. The number of halogens is 2. The number of H-pyrrole nitrogens is 1. The summed E-state index contributed by atoms with van der Waals surface area (Å²) >= 11 is 0. The third-order valence-electron chi connectivity index (χ3n) is 4.99. The van der Waals surface area contributed by atoms with Gasteiger partial charge in [-0.1, -0.05) is 6.08 Å². The minimum atomic E-state index is -1.86. The Labute approximate surface area is 161 Å². The minimum absolute atomic E-state index is 0.0162. The molecule has 28 heavy (non-hydrogen) atoms. The number of nitrogens with one attached hydrogen (secondary N) is 1. The summed E-state index contributed by atoms with van der Waals surface area (Å²) in [7, 11) is 0. The molecule has 1 aromatic heterocycles. The van der Waals surface area contributed by atoms with Crippen LogP contribution in [-0.2, 0) is 4.74 Å². The van der Waals surface area contributed by atoms with Crippen LogP contribution in [0.2, 0.25) is 0 Å². The lowest BCUT2D eigenvalue weighted by molar-refractivity contribution is 0.0488. The van der Waals surface area contributed by atoms with Gasteiger partial charge in [-0.25, -0.2) is 13.8 Å². The molecule has 5 nitrogen and oxygen atoms in total. The first kappa shape index (κ1) is 18.4. The number of aromatic amines is 1. The zero-order valence-electron chi connectivity index (χ0n) is 15.3. The molecule has 1 fully saturated rings. The molecule has 2 aromatic rings. The van der Waals surface area contributed by atoms with E-state index in [9.17, 15) is 9.18 Å². The van der Waals surface area contributed by atoms with Gasteiger partial charge in [0.15, 0.2) is 0 Å². The highest BCUT2D eigenvalue weighted by molar-refractivity contribution is 5.96. The van der Waals surface area contributed by atoms with Gasteiger partial charge in [-0.15, -0.1) is 0 Å². The number of amides is 1. The van der Waals surface area contributed by atoms with Crippen LogP contribution in [0.3, 0.4) is 0 Å². The van der Waals surface area contributed by atoms with Gasteiger partial charge < -0.3 is 14.6 Å². The summed E-state index contributed by atoms with van der Waals surface area (Å²) in [5.74, 6) is -0.724. The predicted molar refractivity (Wildman–Crippen MR) is 102 cm³/mol. The van der Waals surface area contributed by atoms with Gasteiger partial charge in [0.1, 0.15) is 5.82 Å². The van der Waals surface area contributed by atoms with E-state index in [0.717, 1.165) is 5.69 Å². The Bertz CT molecular complexity index is 906. The number of carbonyl (C=O) groups excluding carboxylic acids is 1. The molecule has 1 saturated heterocycles. The summed E-state index contributed by atoms with van der Waals surface area (Å²) in [6.45, 7) is 0.634. The molecule has 1 aromatic carbocycles. The number of nitrogens with zero attached hydrogens (tertiary/aromatic N) is 2. The Hall–Kier alpha value is -2.96. The number of ether oxygens (including phenoxy) is 1. The summed E-state index contributed by atoms with van der Waals surface area (Å²) in [5, 5.41) is 0. The number of hydrogen-bond acceptors (Lipinski definition) is 3. The van der Waals surface area contributed by atoms with E-state index in [2.05, 4.69) is 9.98 Å². The Kier molecular flexibility index (Phi) is 4.98. The number of benzene rings is 1. The van der Waals surface area contributed by atoms with Gasteiger partial charge in [-0.3, -0.25) is 4.79 Å².